The van der Waals surface area contributed by atoms with E-state index < -0.39 is 5.97 Å². The van der Waals surface area contributed by atoms with Gasteiger partial charge in [-0.25, -0.2) is 0 Å². The number of esters is 1. The van der Waals surface area contributed by atoms with Gasteiger partial charge in [0.25, 0.3) is 0 Å². The maximum absolute atomic E-state index is 10.1. The lowest BCUT2D eigenvalue weighted by Crippen LogP contribution is -1.99. The van der Waals surface area contributed by atoms with Gasteiger partial charge in [-0.15, -0.1) is 0 Å². The van der Waals surface area contributed by atoms with E-state index in [0.29, 0.717) is 0 Å². The van der Waals surface area contributed by atoms with Crippen LogP contribution in [0.15, 0.2) is 0 Å². The highest BCUT2D eigenvalue weighted by molar-refractivity contribution is 6.17. The van der Waals surface area contributed by atoms with E-state index in [4.69, 9.17) is 16.9 Å². The second-order valence-corrected chi connectivity index (χ2v) is 1.18. The molecule has 0 aliphatic heterocycles. The Hall–Kier alpha value is -0.750. The Morgan fingerprint density at radius 2 is 2.50 bits per heavy atom. The van der Waals surface area contributed by atoms with Crippen LogP contribution in [0.5, 0.6) is 0 Å². The highest BCUT2D eigenvalue weighted by Crippen LogP contribution is 1.84. The van der Waals surface area contributed by atoms with E-state index in [-0.39, 0.29) is 12.5 Å². The van der Waals surface area contributed by atoms with Crippen LogP contribution < -0.4 is 0 Å². The molecule has 3 nitrogen and oxygen atoms in total. The van der Waals surface area contributed by atoms with Gasteiger partial charge in [-0.3, -0.25) is 4.79 Å². The Kier molecular flexibility index (Phi) is 4.00. The zero-order valence-corrected chi connectivity index (χ0v) is 4.81. The van der Waals surface area contributed by atoms with Crippen LogP contribution in [0.2, 0.25) is 0 Å². The molecule has 0 atom stereocenters. The average molecular weight is 134 g/mol. The molecule has 0 bridgehead atoms. The number of alkyl halides is 1. The fourth-order valence-electron chi connectivity index (χ4n) is 0.176. The lowest BCUT2D eigenvalue weighted by atomic mass is 10.5. The zero-order chi connectivity index (χ0) is 6.41. The molecule has 0 saturated heterocycles. The molecular weight excluding hydrogens is 130 g/mol. The minimum absolute atomic E-state index is 0.180. The van der Waals surface area contributed by atoms with Gasteiger partial charge in [0.05, 0.1) is 6.07 Å². The molecular formula is C4H4ClNO2. The first-order valence-electron chi connectivity index (χ1n) is 1.89. The molecule has 0 fully saturated rings. The van der Waals surface area contributed by atoms with Crippen LogP contribution in [0, 0.1) is 11.3 Å². The van der Waals surface area contributed by atoms with Gasteiger partial charge >= 0.3 is 5.97 Å². The lowest BCUT2D eigenvalue weighted by Gasteiger charge is -1.91. The van der Waals surface area contributed by atoms with Crippen LogP contribution in [0.4, 0.5) is 0 Å². The summed E-state index contributed by atoms with van der Waals surface area (Å²) < 4.78 is 4.19. The third-order valence-electron chi connectivity index (χ3n) is 0.439. The molecule has 0 saturated carbocycles. The summed E-state index contributed by atoms with van der Waals surface area (Å²) in [5.74, 6) is -0.581. The minimum Gasteiger partial charge on any atom is -0.449 e. The molecule has 0 aromatic carbocycles. The van der Waals surface area contributed by atoms with E-state index in [9.17, 15) is 4.79 Å². The number of hydrogen-bond acceptors (Lipinski definition) is 3. The molecule has 0 aliphatic carbocycles. The Bertz CT molecular complexity index is 118. The van der Waals surface area contributed by atoms with Crippen molar-refractivity contribution >= 4 is 17.6 Å². The van der Waals surface area contributed by atoms with Gasteiger partial charge < -0.3 is 4.74 Å². The molecule has 0 heterocycles. The highest BCUT2D eigenvalue weighted by Gasteiger charge is 1.96. The predicted octanol–water partition coefficient (Wildman–Crippen LogP) is 0.640. The molecule has 0 aliphatic rings. The van der Waals surface area contributed by atoms with E-state index in [0.717, 1.165) is 0 Å². The van der Waals surface area contributed by atoms with E-state index >= 15 is 0 Å². The van der Waals surface area contributed by atoms with Gasteiger partial charge in [0.2, 0.25) is 0 Å². The molecule has 0 unspecified atom stereocenters. The summed E-state index contributed by atoms with van der Waals surface area (Å²) in [4.78, 5) is 10.1. The minimum atomic E-state index is -0.581. The molecule has 8 heavy (non-hydrogen) atoms. The molecule has 44 valence electrons. The quantitative estimate of drug-likeness (QED) is 0.410. The standard InChI is InChI=1S/C4H4ClNO2/c5-3-8-4(7)1-2-6/h1,3H2. The first-order chi connectivity index (χ1) is 3.81. The van der Waals surface area contributed by atoms with Gasteiger partial charge in [0, 0.05) is 0 Å². The fourth-order valence-corrected chi connectivity index (χ4v) is 0.298. The number of carbonyl (C=O) groups excluding carboxylic acids is 1. The summed E-state index contributed by atoms with van der Waals surface area (Å²) in [5, 5.41) is 7.87. The molecule has 0 aromatic rings. The van der Waals surface area contributed by atoms with Crippen LogP contribution in [0.3, 0.4) is 0 Å². The van der Waals surface area contributed by atoms with Gasteiger partial charge in [0.1, 0.15) is 6.42 Å². The summed E-state index contributed by atoms with van der Waals surface area (Å²) in [7, 11) is 0. The Balaban J connectivity index is 3.23. The number of nitrogens with zero attached hydrogens (tertiary/aromatic N) is 1. The van der Waals surface area contributed by atoms with Crippen molar-refractivity contribution in [1.82, 2.24) is 0 Å². The number of rotatable bonds is 2. The number of carbonyl (C=O) groups is 1. The molecule has 0 N–H and O–H groups in total. The van der Waals surface area contributed by atoms with Crippen LogP contribution in [0.1, 0.15) is 6.42 Å². The molecule has 0 radical (unpaired) electrons. The molecule has 0 spiro atoms. The highest BCUT2D eigenvalue weighted by atomic mass is 35.5. The largest absolute Gasteiger partial charge is 0.449 e. The Labute approximate surface area is 51.8 Å². The van der Waals surface area contributed by atoms with E-state index in [2.05, 4.69) is 4.74 Å². The maximum Gasteiger partial charge on any atom is 0.321 e. The number of halogens is 1. The second kappa shape index (κ2) is 4.41. The van der Waals surface area contributed by atoms with Crippen LogP contribution >= 0.6 is 11.6 Å². The van der Waals surface area contributed by atoms with Crippen molar-refractivity contribution in [2.75, 3.05) is 6.07 Å². The van der Waals surface area contributed by atoms with Gasteiger partial charge in [-0.05, 0) is 0 Å². The monoisotopic (exact) mass is 133 g/mol. The van der Waals surface area contributed by atoms with E-state index in [1.54, 1.807) is 6.07 Å². The van der Waals surface area contributed by atoms with Crippen molar-refractivity contribution in [3.8, 4) is 6.07 Å². The summed E-state index contributed by atoms with van der Waals surface area (Å²) in [6.45, 7) is 0. The maximum atomic E-state index is 10.1. The van der Waals surface area contributed by atoms with Crippen molar-refractivity contribution in [3.63, 3.8) is 0 Å². The van der Waals surface area contributed by atoms with Gasteiger partial charge in [0.15, 0.2) is 6.07 Å². The van der Waals surface area contributed by atoms with Gasteiger partial charge in [-0.2, -0.15) is 5.26 Å². The topological polar surface area (TPSA) is 50.1 Å². The average Bonchev–Trinajstić information content (AvgIpc) is 1.68. The Morgan fingerprint density at radius 3 is 2.88 bits per heavy atom. The third kappa shape index (κ3) is 3.44. The number of hydrogen-bond donors (Lipinski definition) is 0. The SMILES string of the molecule is N#CCC(=O)OCCl. The third-order valence-corrected chi connectivity index (χ3v) is 0.548. The van der Waals surface area contributed by atoms with Crippen molar-refractivity contribution in [1.29, 1.82) is 5.26 Å². The smallest absolute Gasteiger partial charge is 0.321 e. The van der Waals surface area contributed by atoms with E-state index in [1.807, 2.05) is 0 Å². The van der Waals surface area contributed by atoms with Crippen molar-refractivity contribution < 1.29 is 9.53 Å². The normalized spacial score (nSPS) is 7.50. The lowest BCUT2D eigenvalue weighted by molar-refractivity contribution is -0.140. The van der Waals surface area contributed by atoms with Crippen LogP contribution in [-0.2, 0) is 9.53 Å². The van der Waals surface area contributed by atoms with Gasteiger partial charge in [-0.1, -0.05) is 11.6 Å². The summed E-state index contributed by atoms with van der Waals surface area (Å²) in [5.41, 5.74) is 0. The fraction of sp³-hybridized carbons (Fsp3) is 0.500. The first-order valence-corrected chi connectivity index (χ1v) is 2.43. The van der Waals surface area contributed by atoms with Crippen molar-refractivity contribution in [3.05, 3.63) is 0 Å². The summed E-state index contributed by atoms with van der Waals surface area (Å²) in [6.07, 6.45) is -0.229. The molecule has 0 aromatic heterocycles. The van der Waals surface area contributed by atoms with Crippen molar-refractivity contribution in [2.24, 2.45) is 0 Å². The number of ether oxygens (including phenoxy) is 1. The zero-order valence-electron chi connectivity index (χ0n) is 4.06. The van der Waals surface area contributed by atoms with Crippen LogP contribution in [-0.4, -0.2) is 12.0 Å². The Morgan fingerprint density at radius 1 is 1.88 bits per heavy atom. The van der Waals surface area contributed by atoms with Crippen LogP contribution in [0.25, 0.3) is 0 Å². The first kappa shape index (κ1) is 7.25. The second-order valence-electron chi connectivity index (χ2n) is 0.960. The van der Waals surface area contributed by atoms with Crippen molar-refractivity contribution in [2.45, 2.75) is 6.42 Å². The predicted molar refractivity (Wildman–Crippen MR) is 27.0 cm³/mol. The van der Waals surface area contributed by atoms with E-state index in [1.165, 1.54) is 0 Å². The summed E-state index contributed by atoms with van der Waals surface area (Å²) in [6, 6.07) is 1.44. The molecule has 4 heteroatoms. The molecule has 0 amide bonds. The molecule has 0 rings (SSSR count). The summed E-state index contributed by atoms with van der Waals surface area (Å²) >= 11 is 4.98. The number of nitriles is 1.